The molecule has 0 radical (unpaired) electrons. The highest BCUT2D eigenvalue weighted by atomic mass is 19.1. The number of carboxylic acids is 1. The zero-order valence-electron chi connectivity index (χ0n) is 8.41. The molecule has 0 aliphatic heterocycles. The summed E-state index contributed by atoms with van der Waals surface area (Å²) >= 11 is 0. The lowest BCUT2D eigenvalue weighted by molar-refractivity contribution is -0.138. The summed E-state index contributed by atoms with van der Waals surface area (Å²) in [5.74, 6) is -0.958. The van der Waals surface area contributed by atoms with Crippen LogP contribution in [0.25, 0.3) is 0 Å². The molecule has 0 aromatic carbocycles. The number of hydrogen-bond donors (Lipinski definition) is 2. The molecule has 0 saturated heterocycles. The van der Waals surface area contributed by atoms with Gasteiger partial charge in [0.05, 0.1) is 12.7 Å². The minimum absolute atomic E-state index is 0.0415. The first-order chi connectivity index (χ1) is 6.60. The molecule has 0 aromatic heterocycles. The molecule has 0 rings (SSSR count). The third-order valence-corrected chi connectivity index (χ3v) is 1.94. The Morgan fingerprint density at radius 1 is 1.64 bits per heavy atom. The molecule has 0 saturated carbocycles. The zero-order valence-corrected chi connectivity index (χ0v) is 8.41. The Hall–Kier alpha value is -0.680. The molecular formula is C9H18FNO3. The van der Waals surface area contributed by atoms with Crippen LogP contribution in [0.2, 0.25) is 0 Å². The maximum absolute atomic E-state index is 11.7. The van der Waals surface area contributed by atoms with E-state index in [1.54, 1.807) is 6.92 Å². The number of halogens is 1. The van der Waals surface area contributed by atoms with Gasteiger partial charge in [-0.3, -0.25) is 4.79 Å². The van der Waals surface area contributed by atoms with E-state index >= 15 is 0 Å². The zero-order chi connectivity index (χ0) is 11.0. The molecule has 1 unspecified atom stereocenters. The van der Waals surface area contributed by atoms with Crippen molar-refractivity contribution in [2.45, 2.75) is 25.9 Å². The highest BCUT2D eigenvalue weighted by Gasteiger charge is 2.15. The first-order valence-corrected chi connectivity index (χ1v) is 4.69. The van der Waals surface area contributed by atoms with Crippen molar-refractivity contribution in [2.24, 2.45) is 11.7 Å². The molecular weight excluding hydrogens is 189 g/mol. The summed E-state index contributed by atoms with van der Waals surface area (Å²) in [4.78, 5) is 10.4. The number of rotatable bonds is 8. The second-order valence-corrected chi connectivity index (χ2v) is 3.31. The van der Waals surface area contributed by atoms with Gasteiger partial charge in [-0.05, 0) is 25.8 Å². The van der Waals surface area contributed by atoms with E-state index in [1.807, 2.05) is 0 Å². The number of hydrogen-bond acceptors (Lipinski definition) is 3. The molecule has 84 valence electrons. The topological polar surface area (TPSA) is 72.6 Å². The predicted molar refractivity (Wildman–Crippen MR) is 50.8 cm³/mol. The van der Waals surface area contributed by atoms with Gasteiger partial charge in [0.1, 0.15) is 6.67 Å². The van der Waals surface area contributed by atoms with E-state index in [-0.39, 0.29) is 25.0 Å². The van der Waals surface area contributed by atoms with Gasteiger partial charge in [-0.15, -0.1) is 0 Å². The number of nitrogens with two attached hydrogens (primary N) is 1. The van der Waals surface area contributed by atoms with Crippen LogP contribution >= 0.6 is 0 Å². The number of carboxylic acid groups (broad SMARTS) is 1. The standard InChI is InChI=1S/C9H18FNO3/c1-7(14-3-2-10)4-8(6-11)5-9(12)13/h7-8H,2-6,11H2,1H3,(H,12,13)/t7-,8?/m0/s1. The minimum Gasteiger partial charge on any atom is -0.481 e. The highest BCUT2D eigenvalue weighted by Crippen LogP contribution is 2.12. The number of aliphatic carboxylic acids is 1. The number of carbonyl (C=O) groups is 1. The highest BCUT2D eigenvalue weighted by molar-refractivity contribution is 5.67. The number of alkyl halides is 1. The molecule has 0 aromatic rings. The molecule has 0 spiro atoms. The second kappa shape index (κ2) is 7.70. The van der Waals surface area contributed by atoms with Crippen molar-refractivity contribution >= 4 is 5.97 Å². The Morgan fingerprint density at radius 3 is 2.71 bits per heavy atom. The SMILES string of the molecule is C[C@@H](CC(CN)CC(=O)O)OCCF. The van der Waals surface area contributed by atoms with Crippen LogP contribution in [-0.4, -0.2) is 37.0 Å². The maximum atomic E-state index is 11.7. The van der Waals surface area contributed by atoms with Crippen LogP contribution in [0.5, 0.6) is 0 Å². The van der Waals surface area contributed by atoms with Crippen molar-refractivity contribution in [1.29, 1.82) is 0 Å². The van der Waals surface area contributed by atoms with Gasteiger partial charge >= 0.3 is 5.97 Å². The largest absolute Gasteiger partial charge is 0.481 e. The van der Waals surface area contributed by atoms with Crippen molar-refractivity contribution in [2.75, 3.05) is 19.8 Å². The predicted octanol–water partition coefficient (Wildman–Crippen LogP) is 0.801. The van der Waals surface area contributed by atoms with Crippen LogP contribution < -0.4 is 5.73 Å². The van der Waals surface area contributed by atoms with Crippen LogP contribution in [0, 0.1) is 5.92 Å². The van der Waals surface area contributed by atoms with Gasteiger partial charge in [-0.2, -0.15) is 0 Å². The monoisotopic (exact) mass is 207 g/mol. The smallest absolute Gasteiger partial charge is 0.303 e. The minimum atomic E-state index is -0.863. The van der Waals surface area contributed by atoms with Crippen molar-refractivity contribution in [3.8, 4) is 0 Å². The Morgan fingerprint density at radius 2 is 2.29 bits per heavy atom. The van der Waals surface area contributed by atoms with E-state index in [4.69, 9.17) is 15.6 Å². The average molecular weight is 207 g/mol. The fourth-order valence-corrected chi connectivity index (χ4v) is 1.29. The van der Waals surface area contributed by atoms with E-state index in [9.17, 15) is 9.18 Å². The molecule has 0 bridgehead atoms. The molecule has 0 amide bonds. The van der Waals surface area contributed by atoms with E-state index in [0.717, 1.165) is 0 Å². The van der Waals surface area contributed by atoms with Crippen LogP contribution in [0.3, 0.4) is 0 Å². The van der Waals surface area contributed by atoms with Gasteiger partial charge in [0.15, 0.2) is 0 Å². The van der Waals surface area contributed by atoms with Crippen LogP contribution in [-0.2, 0) is 9.53 Å². The van der Waals surface area contributed by atoms with E-state index in [1.165, 1.54) is 0 Å². The van der Waals surface area contributed by atoms with Crippen molar-refractivity contribution in [3.05, 3.63) is 0 Å². The summed E-state index contributed by atoms with van der Waals surface area (Å²) in [5, 5.41) is 8.55. The first kappa shape index (κ1) is 13.3. The summed E-state index contributed by atoms with van der Waals surface area (Å²) in [6, 6.07) is 0. The molecule has 5 heteroatoms. The van der Waals surface area contributed by atoms with Crippen molar-refractivity contribution < 1.29 is 19.0 Å². The molecule has 0 fully saturated rings. The summed E-state index contributed by atoms with van der Waals surface area (Å²) in [5.41, 5.74) is 5.41. The lowest BCUT2D eigenvalue weighted by Crippen LogP contribution is -2.24. The summed E-state index contributed by atoms with van der Waals surface area (Å²) in [7, 11) is 0. The van der Waals surface area contributed by atoms with E-state index in [2.05, 4.69) is 0 Å². The molecule has 3 N–H and O–H groups in total. The van der Waals surface area contributed by atoms with Gasteiger partial charge in [-0.25, -0.2) is 4.39 Å². The van der Waals surface area contributed by atoms with Crippen molar-refractivity contribution in [1.82, 2.24) is 0 Å². The Balaban J connectivity index is 3.73. The Labute approximate surface area is 83.2 Å². The number of ether oxygens (including phenoxy) is 1. The first-order valence-electron chi connectivity index (χ1n) is 4.69. The molecule has 0 heterocycles. The molecule has 4 nitrogen and oxygen atoms in total. The lowest BCUT2D eigenvalue weighted by Gasteiger charge is -2.17. The van der Waals surface area contributed by atoms with Gasteiger partial charge in [0, 0.05) is 6.42 Å². The van der Waals surface area contributed by atoms with Gasteiger partial charge in [0.25, 0.3) is 0 Å². The van der Waals surface area contributed by atoms with Gasteiger partial charge < -0.3 is 15.6 Å². The van der Waals surface area contributed by atoms with Crippen LogP contribution in [0.4, 0.5) is 4.39 Å². The third kappa shape index (κ3) is 6.80. The Kier molecular flexibility index (Phi) is 7.32. The van der Waals surface area contributed by atoms with E-state index < -0.39 is 12.6 Å². The van der Waals surface area contributed by atoms with Gasteiger partial charge in [0.2, 0.25) is 0 Å². The molecule has 0 aliphatic carbocycles. The second-order valence-electron chi connectivity index (χ2n) is 3.31. The summed E-state index contributed by atoms with van der Waals surface area (Å²) < 4.78 is 16.8. The summed E-state index contributed by atoms with van der Waals surface area (Å²) in [6.45, 7) is 1.65. The Bertz CT molecular complexity index is 166. The molecule has 14 heavy (non-hydrogen) atoms. The average Bonchev–Trinajstić information content (AvgIpc) is 2.12. The fourth-order valence-electron chi connectivity index (χ4n) is 1.29. The van der Waals surface area contributed by atoms with Crippen LogP contribution in [0.1, 0.15) is 19.8 Å². The van der Waals surface area contributed by atoms with E-state index in [0.29, 0.717) is 13.0 Å². The van der Waals surface area contributed by atoms with Crippen LogP contribution in [0.15, 0.2) is 0 Å². The maximum Gasteiger partial charge on any atom is 0.303 e. The normalized spacial score (nSPS) is 15.1. The fraction of sp³-hybridized carbons (Fsp3) is 0.889. The molecule has 2 atom stereocenters. The van der Waals surface area contributed by atoms with Crippen molar-refractivity contribution in [3.63, 3.8) is 0 Å². The summed E-state index contributed by atoms with van der Waals surface area (Å²) in [6.07, 6.45) is 0.460. The molecule has 0 aliphatic rings. The quantitative estimate of drug-likeness (QED) is 0.617. The third-order valence-electron chi connectivity index (χ3n) is 1.94. The van der Waals surface area contributed by atoms with Gasteiger partial charge in [-0.1, -0.05) is 0 Å². The lowest BCUT2D eigenvalue weighted by atomic mass is 9.99.